The van der Waals surface area contributed by atoms with E-state index in [1.807, 2.05) is 18.2 Å². The lowest BCUT2D eigenvalue weighted by Gasteiger charge is -2.19. The number of Topliss-reactive ketones (excluding diaryl/α,β-unsaturated/α-hetero) is 1. The molecule has 1 fully saturated rings. The summed E-state index contributed by atoms with van der Waals surface area (Å²) in [6, 6.07) is 12.2. The van der Waals surface area contributed by atoms with Gasteiger partial charge in [-0.3, -0.25) is 4.79 Å². The van der Waals surface area contributed by atoms with E-state index in [9.17, 15) is 4.79 Å². The number of aromatic nitrogens is 2. The van der Waals surface area contributed by atoms with Crippen molar-refractivity contribution in [2.45, 2.75) is 64.3 Å². The van der Waals surface area contributed by atoms with Crippen LogP contribution >= 0.6 is 0 Å². The monoisotopic (exact) mass is 404 g/mol. The van der Waals surface area contributed by atoms with E-state index >= 15 is 0 Å². The van der Waals surface area contributed by atoms with Crippen LogP contribution in [0.15, 0.2) is 36.4 Å². The molecule has 5 rings (SSSR count). The van der Waals surface area contributed by atoms with Crippen molar-refractivity contribution in [1.82, 2.24) is 9.55 Å². The average molecular weight is 405 g/mol. The Hall–Kier alpha value is -2.82. The summed E-state index contributed by atoms with van der Waals surface area (Å²) >= 11 is 0. The SMILES string of the molecule is CCn1c(C(C)(C)C)nc2ccc(CC(=O)C3(c4ccc5c(c4)OCO5)CC3)cc21. The van der Waals surface area contributed by atoms with Gasteiger partial charge < -0.3 is 14.0 Å². The van der Waals surface area contributed by atoms with Crippen molar-refractivity contribution in [3.05, 3.63) is 53.3 Å². The van der Waals surface area contributed by atoms with Crippen LogP contribution in [0.25, 0.3) is 11.0 Å². The van der Waals surface area contributed by atoms with Crippen LogP contribution in [-0.2, 0) is 28.6 Å². The van der Waals surface area contributed by atoms with Gasteiger partial charge in [0.15, 0.2) is 11.5 Å². The lowest BCUT2D eigenvalue weighted by Crippen LogP contribution is -2.22. The van der Waals surface area contributed by atoms with Crippen LogP contribution in [0.5, 0.6) is 11.5 Å². The lowest BCUT2D eigenvalue weighted by molar-refractivity contribution is -0.120. The van der Waals surface area contributed by atoms with Crippen molar-refractivity contribution in [1.29, 1.82) is 0 Å². The molecule has 2 heterocycles. The first-order valence-corrected chi connectivity index (χ1v) is 10.7. The highest BCUT2D eigenvalue weighted by Gasteiger charge is 2.50. The summed E-state index contributed by atoms with van der Waals surface area (Å²) in [5, 5.41) is 0. The van der Waals surface area contributed by atoms with Crippen molar-refractivity contribution in [2.24, 2.45) is 0 Å². The summed E-state index contributed by atoms with van der Waals surface area (Å²) in [6.07, 6.45) is 2.23. The summed E-state index contributed by atoms with van der Waals surface area (Å²) in [6.45, 7) is 9.82. The Kier molecular flexibility index (Phi) is 4.21. The van der Waals surface area contributed by atoms with Gasteiger partial charge in [0, 0.05) is 18.4 Å². The maximum absolute atomic E-state index is 13.4. The molecule has 1 saturated carbocycles. The van der Waals surface area contributed by atoms with Gasteiger partial charge in [-0.15, -0.1) is 0 Å². The summed E-state index contributed by atoms with van der Waals surface area (Å²) in [5.41, 5.74) is 3.80. The van der Waals surface area contributed by atoms with Crippen molar-refractivity contribution < 1.29 is 14.3 Å². The Balaban J connectivity index is 1.45. The average Bonchev–Trinajstić information content (AvgIpc) is 3.24. The van der Waals surface area contributed by atoms with Crippen molar-refractivity contribution in [3.8, 4) is 11.5 Å². The highest BCUT2D eigenvalue weighted by atomic mass is 16.7. The Morgan fingerprint density at radius 2 is 1.87 bits per heavy atom. The Morgan fingerprint density at radius 1 is 1.10 bits per heavy atom. The normalized spacial score (nSPS) is 16.8. The number of ether oxygens (including phenoxy) is 2. The topological polar surface area (TPSA) is 53.4 Å². The molecule has 0 unspecified atom stereocenters. The van der Waals surface area contributed by atoms with Gasteiger partial charge >= 0.3 is 0 Å². The number of benzene rings is 2. The van der Waals surface area contributed by atoms with E-state index in [0.717, 1.165) is 58.9 Å². The van der Waals surface area contributed by atoms with Crippen molar-refractivity contribution in [3.63, 3.8) is 0 Å². The zero-order valence-electron chi connectivity index (χ0n) is 18.1. The Labute approximate surface area is 177 Å². The largest absolute Gasteiger partial charge is 0.454 e. The fourth-order valence-corrected chi connectivity index (χ4v) is 4.57. The molecule has 2 aliphatic rings. The van der Waals surface area contributed by atoms with Crippen LogP contribution in [0.1, 0.15) is 57.5 Å². The molecule has 0 bridgehead atoms. The molecule has 0 N–H and O–H groups in total. The number of carbonyl (C=O) groups excluding carboxylic acids is 1. The van der Waals surface area contributed by atoms with Crippen LogP contribution in [0.3, 0.4) is 0 Å². The van der Waals surface area contributed by atoms with Gasteiger partial charge in [0.2, 0.25) is 6.79 Å². The molecule has 5 heteroatoms. The first-order valence-electron chi connectivity index (χ1n) is 10.7. The first-order chi connectivity index (χ1) is 14.3. The van der Waals surface area contributed by atoms with E-state index in [1.165, 1.54) is 0 Å². The molecule has 2 aromatic carbocycles. The number of rotatable bonds is 5. The highest BCUT2D eigenvalue weighted by molar-refractivity contribution is 5.95. The predicted molar refractivity (Wildman–Crippen MR) is 116 cm³/mol. The standard InChI is InChI=1S/C25H28N2O3/c1-5-27-19-12-16(6-8-18(19)26-23(27)24(2,3)4)13-22(28)25(10-11-25)17-7-9-20-21(14-17)30-15-29-20/h6-9,12,14H,5,10-11,13,15H2,1-4H3. The molecule has 3 aromatic rings. The summed E-state index contributed by atoms with van der Waals surface area (Å²) < 4.78 is 13.2. The zero-order chi connectivity index (χ0) is 21.1. The number of hydrogen-bond acceptors (Lipinski definition) is 4. The maximum Gasteiger partial charge on any atom is 0.231 e. The second kappa shape index (κ2) is 6.59. The maximum atomic E-state index is 13.4. The minimum atomic E-state index is -0.377. The zero-order valence-corrected chi connectivity index (χ0v) is 18.1. The number of hydrogen-bond donors (Lipinski definition) is 0. The minimum absolute atomic E-state index is 0.0254. The van der Waals surface area contributed by atoms with E-state index in [4.69, 9.17) is 14.5 Å². The molecule has 1 aliphatic heterocycles. The van der Waals surface area contributed by atoms with Crippen molar-refractivity contribution >= 4 is 16.8 Å². The van der Waals surface area contributed by atoms with Gasteiger partial charge in [0.05, 0.1) is 16.4 Å². The van der Waals surface area contributed by atoms with E-state index in [1.54, 1.807) is 0 Å². The molecule has 0 amide bonds. The van der Waals surface area contributed by atoms with E-state index in [-0.39, 0.29) is 23.4 Å². The van der Waals surface area contributed by atoms with Gasteiger partial charge in [0.25, 0.3) is 0 Å². The van der Waals surface area contributed by atoms with Crippen LogP contribution in [0.2, 0.25) is 0 Å². The molecule has 0 spiro atoms. The molecule has 0 radical (unpaired) electrons. The lowest BCUT2D eigenvalue weighted by atomic mass is 9.87. The number of fused-ring (bicyclic) bond motifs is 2. The quantitative estimate of drug-likeness (QED) is 0.605. The van der Waals surface area contributed by atoms with Crippen LogP contribution in [0.4, 0.5) is 0 Å². The molecule has 156 valence electrons. The van der Waals surface area contributed by atoms with Gasteiger partial charge in [-0.2, -0.15) is 0 Å². The van der Waals surface area contributed by atoms with E-state index < -0.39 is 0 Å². The van der Waals surface area contributed by atoms with Crippen LogP contribution < -0.4 is 9.47 Å². The van der Waals surface area contributed by atoms with Crippen LogP contribution in [-0.4, -0.2) is 22.1 Å². The third-order valence-corrected chi connectivity index (χ3v) is 6.37. The molecule has 1 aliphatic carbocycles. The van der Waals surface area contributed by atoms with E-state index in [2.05, 4.69) is 50.5 Å². The van der Waals surface area contributed by atoms with Crippen molar-refractivity contribution in [2.75, 3.05) is 6.79 Å². The molecular weight excluding hydrogens is 376 g/mol. The molecule has 0 atom stereocenters. The smallest absolute Gasteiger partial charge is 0.231 e. The molecule has 5 nitrogen and oxygen atoms in total. The second-order valence-corrected chi connectivity index (χ2v) is 9.50. The molecule has 1 aromatic heterocycles. The fourth-order valence-electron chi connectivity index (χ4n) is 4.57. The minimum Gasteiger partial charge on any atom is -0.454 e. The Bertz CT molecular complexity index is 1150. The third-order valence-electron chi connectivity index (χ3n) is 6.37. The second-order valence-electron chi connectivity index (χ2n) is 9.50. The van der Waals surface area contributed by atoms with E-state index in [0.29, 0.717) is 6.42 Å². The van der Waals surface area contributed by atoms with Gasteiger partial charge in [0.1, 0.15) is 11.6 Å². The highest BCUT2D eigenvalue weighted by Crippen LogP contribution is 2.51. The molecular formula is C25H28N2O3. The summed E-state index contributed by atoms with van der Waals surface area (Å²) in [5.74, 6) is 2.87. The van der Waals surface area contributed by atoms with Crippen LogP contribution in [0, 0.1) is 0 Å². The number of ketones is 1. The fraction of sp³-hybridized carbons (Fsp3) is 0.440. The van der Waals surface area contributed by atoms with Gasteiger partial charge in [-0.1, -0.05) is 32.9 Å². The number of carbonyl (C=O) groups is 1. The Morgan fingerprint density at radius 3 is 2.57 bits per heavy atom. The van der Waals surface area contributed by atoms with Gasteiger partial charge in [-0.05, 0) is 55.2 Å². The predicted octanol–water partition coefficient (Wildman–Crippen LogP) is 4.93. The van der Waals surface area contributed by atoms with Gasteiger partial charge in [-0.25, -0.2) is 4.98 Å². The number of nitrogens with zero attached hydrogens (tertiary/aromatic N) is 2. The summed E-state index contributed by atoms with van der Waals surface area (Å²) in [4.78, 5) is 18.2. The summed E-state index contributed by atoms with van der Waals surface area (Å²) in [7, 11) is 0. The first kappa shape index (κ1) is 19.2. The molecule has 30 heavy (non-hydrogen) atoms. The third kappa shape index (κ3) is 2.99. The molecule has 0 saturated heterocycles. The number of imidazole rings is 1. The number of aryl methyl sites for hydroxylation is 1.